The number of hydrogen-bond acceptors (Lipinski definition) is 5. The fraction of sp³-hybridized carbons (Fsp3) is 0.652. The Bertz CT molecular complexity index is 747. The van der Waals surface area contributed by atoms with E-state index in [0.717, 1.165) is 68.6 Å². The minimum Gasteiger partial charge on any atom is -0.497 e. The number of aliphatic imine (C=N–C) groups is 1. The highest BCUT2D eigenvalue weighted by Crippen LogP contribution is 2.25. The molecule has 3 rings (SSSR count). The van der Waals surface area contributed by atoms with Gasteiger partial charge in [0.15, 0.2) is 5.96 Å². The fourth-order valence-electron chi connectivity index (χ4n) is 4.38. The monoisotopic (exact) mass is 559 g/mol. The molecule has 9 heteroatoms. The van der Waals surface area contributed by atoms with Crippen LogP contribution in [0.25, 0.3) is 0 Å². The van der Waals surface area contributed by atoms with E-state index in [9.17, 15) is 4.79 Å². The number of nitrogens with one attached hydrogen (secondary N) is 2. The topological polar surface area (TPSA) is 78.4 Å². The number of methoxy groups -OCH3 is 2. The number of rotatable bonds is 7. The Morgan fingerprint density at radius 2 is 1.81 bits per heavy atom. The third-order valence-corrected chi connectivity index (χ3v) is 6.14. The van der Waals surface area contributed by atoms with Crippen molar-refractivity contribution in [2.45, 2.75) is 44.7 Å². The van der Waals surface area contributed by atoms with Crippen molar-refractivity contribution in [3.63, 3.8) is 0 Å². The van der Waals surface area contributed by atoms with Crippen molar-refractivity contribution in [2.75, 3.05) is 54.0 Å². The van der Waals surface area contributed by atoms with E-state index < -0.39 is 0 Å². The Hall–Kier alpha value is -1.75. The minimum atomic E-state index is 0. The average Bonchev–Trinajstić information content (AvgIpc) is 2.81. The van der Waals surface area contributed by atoms with Crippen LogP contribution in [0.15, 0.2) is 23.2 Å². The number of carbonyl (C=O) groups is 1. The zero-order chi connectivity index (χ0) is 22.1. The van der Waals surface area contributed by atoms with Gasteiger partial charge < -0.3 is 25.0 Å². The summed E-state index contributed by atoms with van der Waals surface area (Å²) in [4.78, 5) is 21.3. The molecule has 1 aliphatic heterocycles. The maximum atomic E-state index is 12.3. The molecular weight excluding hydrogens is 521 g/mol. The van der Waals surface area contributed by atoms with Gasteiger partial charge in [-0.05, 0) is 31.0 Å². The molecule has 32 heavy (non-hydrogen) atoms. The Labute approximate surface area is 209 Å². The summed E-state index contributed by atoms with van der Waals surface area (Å²) in [5.41, 5.74) is 1.12. The van der Waals surface area contributed by atoms with Gasteiger partial charge in [0.2, 0.25) is 5.91 Å². The summed E-state index contributed by atoms with van der Waals surface area (Å²) in [6, 6.07) is 6.24. The largest absolute Gasteiger partial charge is 0.497 e. The van der Waals surface area contributed by atoms with Gasteiger partial charge in [-0.15, -0.1) is 24.0 Å². The molecule has 8 nitrogen and oxygen atoms in total. The van der Waals surface area contributed by atoms with Gasteiger partial charge in [0.1, 0.15) is 11.5 Å². The quantitative estimate of drug-likeness (QED) is 0.304. The molecule has 0 atom stereocenters. The van der Waals surface area contributed by atoms with E-state index >= 15 is 0 Å². The summed E-state index contributed by atoms with van der Waals surface area (Å²) in [5.74, 6) is 2.56. The van der Waals surface area contributed by atoms with E-state index in [1.165, 1.54) is 19.3 Å². The predicted octanol–water partition coefficient (Wildman–Crippen LogP) is 2.46. The number of benzene rings is 1. The van der Waals surface area contributed by atoms with Crippen LogP contribution in [-0.2, 0) is 11.3 Å². The molecule has 0 spiro atoms. The molecular formula is C23H38IN5O3. The molecule has 180 valence electrons. The first kappa shape index (κ1) is 26.5. The highest BCUT2D eigenvalue weighted by molar-refractivity contribution is 14.0. The molecule has 1 aromatic carbocycles. The maximum Gasteiger partial charge on any atom is 0.239 e. The van der Waals surface area contributed by atoms with E-state index in [0.29, 0.717) is 6.04 Å². The molecule has 0 aromatic heterocycles. The highest BCUT2D eigenvalue weighted by atomic mass is 127. The van der Waals surface area contributed by atoms with Crippen LogP contribution in [0.2, 0.25) is 0 Å². The number of halogens is 1. The number of nitrogens with zero attached hydrogens (tertiary/aromatic N) is 3. The molecule has 0 radical (unpaired) electrons. The highest BCUT2D eigenvalue weighted by Gasteiger charge is 2.22. The first-order chi connectivity index (χ1) is 15.1. The van der Waals surface area contributed by atoms with Crippen LogP contribution >= 0.6 is 24.0 Å². The lowest BCUT2D eigenvalue weighted by molar-refractivity contribution is -0.120. The lowest BCUT2D eigenvalue weighted by Crippen LogP contribution is -2.53. The molecule has 0 bridgehead atoms. The van der Waals surface area contributed by atoms with Crippen LogP contribution in [-0.4, -0.2) is 81.7 Å². The molecule has 1 amide bonds. The minimum absolute atomic E-state index is 0. The zero-order valence-electron chi connectivity index (χ0n) is 19.6. The Kier molecular flexibility index (Phi) is 11.4. The molecule has 1 heterocycles. The predicted molar refractivity (Wildman–Crippen MR) is 138 cm³/mol. The smallest absolute Gasteiger partial charge is 0.239 e. The zero-order valence-corrected chi connectivity index (χ0v) is 21.9. The third kappa shape index (κ3) is 7.68. The molecule has 1 saturated heterocycles. The molecule has 2 aliphatic rings. The molecule has 2 N–H and O–H groups in total. The SMILES string of the molecule is CN=C(NCC(=O)NC1CCCCC1)N1CCN(Cc2cc(OC)ccc2OC)CC1.I. The second kappa shape index (κ2) is 13.7. The number of ether oxygens (including phenoxy) is 2. The van der Waals surface area contributed by atoms with Crippen LogP contribution in [0.3, 0.4) is 0 Å². The number of carbonyl (C=O) groups excluding carboxylic acids is 1. The molecule has 0 unspecified atom stereocenters. The maximum absolute atomic E-state index is 12.3. The van der Waals surface area contributed by atoms with E-state index in [-0.39, 0.29) is 36.4 Å². The van der Waals surface area contributed by atoms with Crippen molar-refractivity contribution >= 4 is 35.8 Å². The Morgan fingerprint density at radius 1 is 1.09 bits per heavy atom. The van der Waals surface area contributed by atoms with Gasteiger partial charge in [-0.1, -0.05) is 19.3 Å². The van der Waals surface area contributed by atoms with Crippen molar-refractivity contribution in [2.24, 2.45) is 4.99 Å². The number of amides is 1. The lowest BCUT2D eigenvalue weighted by atomic mass is 9.95. The van der Waals surface area contributed by atoms with Crippen molar-refractivity contribution in [3.8, 4) is 11.5 Å². The number of guanidine groups is 1. The van der Waals surface area contributed by atoms with Crippen molar-refractivity contribution in [3.05, 3.63) is 23.8 Å². The number of hydrogen-bond donors (Lipinski definition) is 2. The molecule has 1 aliphatic carbocycles. The van der Waals surface area contributed by atoms with Gasteiger partial charge in [-0.25, -0.2) is 0 Å². The van der Waals surface area contributed by atoms with Crippen molar-refractivity contribution in [1.82, 2.24) is 20.4 Å². The normalized spacial score (nSPS) is 18.0. The summed E-state index contributed by atoms with van der Waals surface area (Å²) in [6.07, 6.45) is 5.91. The molecule has 1 aromatic rings. The van der Waals surface area contributed by atoms with E-state index in [1.54, 1.807) is 21.3 Å². The average molecular weight is 559 g/mol. The van der Waals surface area contributed by atoms with Crippen LogP contribution in [0.5, 0.6) is 11.5 Å². The second-order valence-electron chi connectivity index (χ2n) is 8.24. The van der Waals surface area contributed by atoms with E-state index in [4.69, 9.17) is 9.47 Å². The first-order valence-corrected chi connectivity index (χ1v) is 11.3. The van der Waals surface area contributed by atoms with Gasteiger partial charge in [0.05, 0.1) is 20.8 Å². The van der Waals surface area contributed by atoms with Crippen LogP contribution in [0.4, 0.5) is 0 Å². The van der Waals surface area contributed by atoms with Crippen LogP contribution in [0.1, 0.15) is 37.7 Å². The summed E-state index contributed by atoms with van der Waals surface area (Å²) >= 11 is 0. The standard InChI is InChI=1S/C23H37N5O3.HI/c1-24-23(25-16-22(29)26-19-7-5-4-6-8-19)28-13-11-27(12-14-28)17-18-15-20(30-2)9-10-21(18)31-3;/h9-10,15,19H,4-8,11-14,16-17H2,1-3H3,(H,24,25)(H,26,29);1H. The van der Waals surface area contributed by atoms with Gasteiger partial charge >= 0.3 is 0 Å². The van der Waals surface area contributed by atoms with Gasteiger partial charge in [0, 0.05) is 51.4 Å². The van der Waals surface area contributed by atoms with Crippen LogP contribution in [0, 0.1) is 0 Å². The summed E-state index contributed by atoms with van der Waals surface area (Å²) in [6.45, 7) is 4.62. The van der Waals surface area contributed by atoms with Crippen molar-refractivity contribution < 1.29 is 14.3 Å². The van der Waals surface area contributed by atoms with Crippen LogP contribution < -0.4 is 20.1 Å². The summed E-state index contributed by atoms with van der Waals surface area (Å²) < 4.78 is 10.9. The molecule has 2 fully saturated rings. The lowest BCUT2D eigenvalue weighted by Gasteiger charge is -2.36. The summed E-state index contributed by atoms with van der Waals surface area (Å²) in [5, 5.41) is 6.39. The van der Waals surface area contributed by atoms with Gasteiger partial charge in [-0.2, -0.15) is 0 Å². The second-order valence-corrected chi connectivity index (χ2v) is 8.24. The van der Waals surface area contributed by atoms with E-state index in [2.05, 4.69) is 25.4 Å². The fourth-order valence-corrected chi connectivity index (χ4v) is 4.38. The number of piperazine rings is 1. The molecule has 1 saturated carbocycles. The Morgan fingerprint density at radius 3 is 2.44 bits per heavy atom. The first-order valence-electron chi connectivity index (χ1n) is 11.3. The third-order valence-electron chi connectivity index (χ3n) is 6.14. The van der Waals surface area contributed by atoms with Gasteiger partial charge in [0.25, 0.3) is 0 Å². The van der Waals surface area contributed by atoms with Gasteiger partial charge in [-0.3, -0.25) is 14.7 Å². The van der Waals surface area contributed by atoms with Crippen molar-refractivity contribution in [1.29, 1.82) is 0 Å². The summed E-state index contributed by atoms with van der Waals surface area (Å²) in [7, 11) is 5.15. The van der Waals surface area contributed by atoms with E-state index in [1.807, 2.05) is 18.2 Å². The Balaban J connectivity index is 0.00000363.